The van der Waals surface area contributed by atoms with Crippen molar-refractivity contribution in [2.24, 2.45) is 0 Å². The Morgan fingerprint density at radius 3 is 2.44 bits per heavy atom. The van der Waals surface area contributed by atoms with Crippen LogP contribution in [-0.2, 0) is 4.74 Å². The Bertz CT molecular complexity index is 1040. The van der Waals surface area contributed by atoms with Gasteiger partial charge in [0.2, 0.25) is 0 Å². The molecule has 0 heterocycles. The van der Waals surface area contributed by atoms with Gasteiger partial charge in [-0.05, 0) is 43.2 Å². The van der Waals surface area contributed by atoms with Gasteiger partial charge < -0.3 is 25.4 Å². The van der Waals surface area contributed by atoms with Gasteiger partial charge in [0.1, 0.15) is 17.9 Å². The van der Waals surface area contributed by atoms with Crippen LogP contribution in [0.1, 0.15) is 43.9 Å². The number of carbonyl (C=O) groups excluding carboxylic acids is 2. The Morgan fingerprint density at radius 2 is 1.81 bits per heavy atom. The van der Waals surface area contributed by atoms with E-state index < -0.39 is 18.2 Å². The Labute approximate surface area is 186 Å². The number of hydrogen-bond acceptors (Lipinski definition) is 6. The van der Waals surface area contributed by atoms with Crippen LogP contribution in [0.25, 0.3) is 0 Å². The average molecular weight is 435 g/mol. The normalized spacial score (nSPS) is 11.8. The summed E-state index contributed by atoms with van der Waals surface area (Å²) in [5, 5.41) is 25.9. The van der Waals surface area contributed by atoms with E-state index in [4.69, 9.17) is 20.0 Å². The second kappa shape index (κ2) is 11.8. The lowest BCUT2D eigenvalue weighted by atomic mass is 10.1. The Hall–Kier alpha value is -4.24. The minimum absolute atomic E-state index is 0.137. The number of nitrogens with one attached hydrogen (secondary N) is 3. The predicted octanol–water partition coefficient (Wildman–Crippen LogP) is 4.69. The molecule has 0 spiro atoms. The van der Waals surface area contributed by atoms with Gasteiger partial charge in [-0.2, -0.15) is 10.5 Å². The van der Waals surface area contributed by atoms with Crippen LogP contribution in [0.15, 0.2) is 42.5 Å². The highest BCUT2D eigenvalue weighted by Gasteiger charge is 2.16. The minimum Gasteiger partial charge on any atom is -0.495 e. The number of nitriles is 2. The zero-order valence-corrected chi connectivity index (χ0v) is 18.1. The van der Waals surface area contributed by atoms with Gasteiger partial charge >= 0.3 is 12.1 Å². The summed E-state index contributed by atoms with van der Waals surface area (Å²) in [7, 11) is 1.45. The van der Waals surface area contributed by atoms with Gasteiger partial charge in [0.05, 0.1) is 31.2 Å². The van der Waals surface area contributed by atoms with Gasteiger partial charge in [-0.25, -0.2) is 9.59 Å². The first-order chi connectivity index (χ1) is 15.4. The summed E-state index contributed by atoms with van der Waals surface area (Å²) in [6, 6.07) is 14.9. The van der Waals surface area contributed by atoms with Gasteiger partial charge in [-0.15, -0.1) is 0 Å². The Morgan fingerprint density at radius 1 is 1.09 bits per heavy atom. The van der Waals surface area contributed by atoms with E-state index in [9.17, 15) is 9.59 Å². The lowest BCUT2D eigenvalue weighted by molar-refractivity contribution is 0.0950. The van der Waals surface area contributed by atoms with E-state index in [1.807, 2.05) is 25.1 Å². The summed E-state index contributed by atoms with van der Waals surface area (Å²) in [5.41, 5.74) is 2.12. The number of rotatable bonds is 8. The molecule has 2 aromatic rings. The smallest absolute Gasteiger partial charge is 0.407 e. The number of carbonyl (C=O) groups is 2. The standard InChI is InChI=1S/C23H25N5O4/c1-4-20(10-11-24)32-23(30)26-15(2)16-6-5-7-18(12-16)27-22(29)28-19-9-8-17(14-25)21(13-19)31-3/h5-9,12-13,15,20H,4,10H2,1-3H3,(H,26,30)(H2,27,28,29). The molecule has 0 fully saturated rings. The molecule has 3 amide bonds. The molecule has 2 rings (SSSR count). The van der Waals surface area contributed by atoms with E-state index in [1.54, 1.807) is 43.3 Å². The molecule has 166 valence electrons. The van der Waals surface area contributed by atoms with Crippen molar-refractivity contribution in [3.63, 3.8) is 0 Å². The van der Waals surface area contributed by atoms with Crippen LogP contribution < -0.4 is 20.7 Å². The lowest BCUT2D eigenvalue weighted by Gasteiger charge is -2.18. The number of hydrogen-bond donors (Lipinski definition) is 3. The molecule has 2 unspecified atom stereocenters. The van der Waals surface area contributed by atoms with Crippen molar-refractivity contribution in [3.8, 4) is 17.9 Å². The van der Waals surface area contributed by atoms with Crippen LogP contribution in [0, 0.1) is 22.7 Å². The van der Waals surface area contributed by atoms with Crippen molar-refractivity contribution in [1.82, 2.24) is 5.32 Å². The van der Waals surface area contributed by atoms with Crippen molar-refractivity contribution in [1.29, 1.82) is 10.5 Å². The van der Waals surface area contributed by atoms with E-state index in [1.165, 1.54) is 7.11 Å². The van der Waals surface area contributed by atoms with Gasteiger partial charge in [-0.1, -0.05) is 19.1 Å². The van der Waals surface area contributed by atoms with Crippen LogP contribution in [0.5, 0.6) is 5.75 Å². The third kappa shape index (κ3) is 6.92. The monoisotopic (exact) mass is 435 g/mol. The number of anilines is 2. The summed E-state index contributed by atoms with van der Waals surface area (Å²) < 4.78 is 10.4. The van der Waals surface area contributed by atoms with Gasteiger partial charge in [0.25, 0.3) is 0 Å². The summed E-state index contributed by atoms with van der Waals surface area (Å²) in [4.78, 5) is 24.4. The molecule has 0 aliphatic heterocycles. The van der Waals surface area contributed by atoms with Crippen molar-refractivity contribution in [2.45, 2.75) is 38.8 Å². The fraction of sp³-hybridized carbons (Fsp3) is 0.304. The highest BCUT2D eigenvalue weighted by molar-refractivity contribution is 6.00. The zero-order chi connectivity index (χ0) is 23.5. The fourth-order valence-corrected chi connectivity index (χ4v) is 2.86. The molecule has 0 aliphatic rings. The molecular weight excluding hydrogens is 410 g/mol. The number of nitrogens with zero attached hydrogens (tertiary/aromatic N) is 2. The number of alkyl carbamates (subject to hydrolysis) is 1. The van der Waals surface area contributed by atoms with E-state index in [-0.39, 0.29) is 12.5 Å². The average Bonchev–Trinajstić information content (AvgIpc) is 2.78. The van der Waals surface area contributed by atoms with Gasteiger partial charge in [0, 0.05) is 17.4 Å². The number of amides is 3. The van der Waals surface area contributed by atoms with Crippen LogP contribution in [0.2, 0.25) is 0 Å². The van der Waals surface area contributed by atoms with Crippen LogP contribution in [0.3, 0.4) is 0 Å². The summed E-state index contributed by atoms with van der Waals surface area (Å²) in [5.74, 6) is 0.360. The van der Waals surface area contributed by atoms with E-state index >= 15 is 0 Å². The van der Waals surface area contributed by atoms with Crippen molar-refractivity contribution in [2.75, 3.05) is 17.7 Å². The number of ether oxygens (including phenoxy) is 2. The summed E-state index contributed by atoms with van der Waals surface area (Å²) >= 11 is 0. The molecule has 9 nitrogen and oxygen atoms in total. The number of urea groups is 1. The third-order valence-electron chi connectivity index (χ3n) is 4.61. The predicted molar refractivity (Wildman–Crippen MR) is 119 cm³/mol. The topological polar surface area (TPSA) is 136 Å². The van der Waals surface area contributed by atoms with E-state index in [0.717, 1.165) is 5.56 Å². The highest BCUT2D eigenvalue weighted by Crippen LogP contribution is 2.23. The minimum atomic E-state index is -0.606. The molecule has 2 atom stereocenters. The summed E-state index contributed by atoms with van der Waals surface area (Å²) in [6.07, 6.45) is -0.373. The quantitative estimate of drug-likeness (QED) is 0.550. The fourth-order valence-electron chi connectivity index (χ4n) is 2.86. The molecule has 0 aromatic heterocycles. The molecule has 0 saturated heterocycles. The maximum Gasteiger partial charge on any atom is 0.407 e. The zero-order valence-electron chi connectivity index (χ0n) is 18.1. The Balaban J connectivity index is 1.99. The van der Waals surface area contributed by atoms with Crippen molar-refractivity contribution in [3.05, 3.63) is 53.6 Å². The maximum atomic E-state index is 12.4. The number of methoxy groups -OCH3 is 1. The maximum absolute atomic E-state index is 12.4. The molecule has 32 heavy (non-hydrogen) atoms. The summed E-state index contributed by atoms with van der Waals surface area (Å²) in [6.45, 7) is 3.63. The first-order valence-electron chi connectivity index (χ1n) is 10.00. The molecular formula is C23H25N5O4. The SMILES string of the molecule is CCC(CC#N)OC(=O)NC(C)c1cccc(NC(=O)Nc2ccc(C#N)c(OC)c2)c1. The third-order valence-corrected chi connectivity index (χ3v) is 4.61. The van der Waals surface area contributed by atoms with Crippen LogP contribution in [-0.4, -0.2) is 25.3 Å². The molecule has 0 saturated carbocycles. The second-order valence-corrected chi connectivity index (χ2v) is 6.90. The first-order valence-corrected chi connectivity index (χ1v) is 10.00. The first kappa shape index (κ1) is 24.0. The molecule has 2 aromatic carbocycles. The van der Waals surface area contributed by atoms with Crippen LogP contribution in [0.4, 0.5) is 21.0 Å². The largest absolute Gasteiger partial charge is 0.495 e. The van der Waals surface area contributed by atoms with Crippen LogP contribution >= 0.6 is 0 Å². The molecule has 0 bridgehead atoms. The second-order valence-electron chi connectivity index (χ2n) is 6.90. The van der Waals surface area contributed by atoms with Gasteiger partial charge in [-0.3, -0.25) is 0 Å². The highest BCUT2D eigenvalue weighted by atomic mass is 16.6. The molecule has 3 N–H and O–H groups in total. The van der Waals surface area contributed by atoms with E-state index in [0.29, 0.717) is 29.1 Å². The molecule has 0 radical (unpaired) electrons. The number of benzene rings is 2. The van der Waals surface area contributed by atoms with E-state index in [2.05, 4.69) is 16.0 Å². The molecule has 9 heteroatoms. The van der Waals surface area contributed by atoms with Crippen molar-refractivity contribution >= 4 is 23.5 Å². The van der Waals surface area contributed by atoms with Crippen molar-refractivity contribution < 1.29 is 19.1 Å². The lowest BCUT2D eigenvalue weighted by Crippen LogP contribution is -2.31. The van der Waals surface area contributed by atoms with Gasteiger partial charge in [0.15, 0.2) is 0 Å². The Kier molecular flexibility index (Phi) is 8.88. The molecule has 0 aliphatic carbocycles.